The summed E-state index contributed by atoms with van der Waals surface area (Å²) >= 11 is 0. The summed E-state index contributed by atoms with van der Waals surface area (Å²) in [5.74, 6) is -0.151. The molecule has 1 aromatic rings. The molecule has 3 heteroatoms. The summed E-state index contributed by atoms with van der Waals surface area (Å²) in [5.41, 5.74) is -0.334. The highest BCUT2D eigenvalue weighted by molar-refractivity contribution is 5.24. The number of hydrogen-bond donors (Lipinski definition) is 1. The Kier molecular flexibility index (Phi) is 3.59. The lowest BCUT2D eigenvalue weighted by molar-refractivity contribution is -0.138. The fourth-order valence-electron chi connectivity index (χ4n) is 3.91. The summed E-state index contributed by atoms with van der Waals surface area (Å²) in [6.07, 6.45) is 6.36. The molecule has 3 rings (SSSR count). The van der Waals surface area contributed by atoms with Gasteiger partial charge in [-0.2, -0.15) is 0 Å². The molecule has 1 N–H and O–H groups in total. The van der Waals surface area contributed by atoms with Crippen molar-refractivity contribution in [1.82, 2.24) is 0 Å². The molecule has 1 spiro atoms. The Morgan fingerprint density at radius 3 is 2.80 bits per heavy atom. The van der Waals surface area contributed by atoms with Crippen LogP contribution in [0.1, 0.15) is 51.0 Å². The van der Waals surface area contributed by atoms with Gasteiger partial charge in [0, 0.05) is 6.61 Å². The van der Waals surface area contributed by atoms with Gasteiger partial charge in [0.05, 0.1) is 11.2 Å². The van der Waals surface area contributed by atoms with Crippen LogP contribution in [0.4, 0.5) is 4.39 Å². The van der Waals surface area contributed by atoms with Gasteiger partial charge in [0.2, 0.25) is 0 Å². The van der Waals surface area contributed by atoms with Crippen molar-refractivity contribution >= 4 is 0 Å². The van der Waals surface area contributed by atoms with Crippen molar-refractivity contribution in [2.75, 3.05) is 6.61 Å². The van der Waals surface area contributed by atoms with Crippen molar-refractivity contribution < 1.29 is 14.2 Å². The van der Waals surface area contributed by atoms with Crippen LogP contribution in [0.3, 0.4) is 0 Å². The van der Waals surface area contributed by atoms with Gasteiger partial charge in [0.25, 0.3) is 0 Å². The Morgan fingerprint density at radius 1 is 1.35 bits per heavy atom. The van der Waals surface area contributed by atoms with Gasteiger partial charge < -0.3 is 9.84 Å². The highest BCUT2D eigenvalue weighted by atomic mass is 19.1. The molecule has 0 amide bonds. The van der Waals surface area contributed by atoms with E-state index in [1.807, 2.05) is 13.0 Å². The standard InChI is InChI=1S/C17H23FO2/c1-16(19,13-5-4-6-15(18)11-13)14-7-10-20-17(12-14)8-2-3-9-17/h4-6,11,14,19H,2-3,7-10,12H2,1H3. The Labute approximate surface area is 120 Å². The maximum Gasteiger partial charge on any atom is 0.123 e. The average molecular weight is 278 g/mol. The second-order valence-corrected chi connectivity index (χ2v) is 6.59. The van der Waals surface area contributed by atoms with E-state index in [1.165, 1.54) is 25.0 Å². The maximum atomic E-state index is 13.4. The number of ether oxygens (including phenoxy) is 1. The molecule has 2 atom stereocenters. The second kappa shape index (κ2) is 5.12. The molecule has 1 aliphatic heterocycles. The van der Waals surface area contributed by atoms with E-state index in [2.05, 4.69) is 0 Å². The minimum atomic E-state index is -0.985. The summed E-state index contributed by atoms with van der Waals surface area (Å²) in [6, 6.07) is 6.36. The number of benzene rings is 1. The molecular weight excluding hydrogens is 255 g/mol. The van der Waals surface area contributed by atoms with E-state index in [9.17, 15) is 9.50 Å². The lowest BCUT2D eigenvalue weighted by Crippen LogP contribution is -2.44. The van der Waals surface area contributed by atoms with Crippen LogP contribution in [0, 0.1) is 11.7 Å². The summed E-state index contributed by atoms with van der Waals surface area (Å²) in [4.78, 5) is 0. The first-order valence-corrected chi connectivity index (χ1v) is 7.64. The fraction of sp³-hybridized carbons (Fsp3) is 0.647. The third-order valence-electron chi connectivity index (χ3n) is 5.21. The number of hydrogen-bond acceptors (Lipinski definition) is 2. The highest BCUT2D eigenvalue weighted by Crippen LogP contribution is 2.47. The fourth-order valence-corrected chi connectivity index (χ4v) is 3.91. The molecule has 1 aliphatic carbocycles. The van der Waals surface area contributed by atoms with Crippen LogP contribution in [-0.4, -0.2) is 17.3 Å². The first-order valence-electron chi connectivity index (χ1n) is 7.64. The Balaban J connectivity index is 1.83. The summed E-state index contributed by atoms with van der Waals surface area (Å²) in [5, 5.41) is 11.0. The molecule has 110 valence electrons. The predicted octanol–water partition coefficient (Wildman–Crippen LogP) is 3.77. The third-order valence-corrected chi connectivity index (χ3v) is 5.21. The Bertz CT molecular complexity index is 478. The van der Waals surface area contributed by atoms with E-state index in [0.717, 1.165) is 25.7 Å². The quantitative estimate of drug-likeness (QED) is 0.892. The predicted molar refractivity (Wildman–Crippen MR) is 75.8 cm³/mol. The zero-order valence-corrected chi connectivity index (χ0v) is 12.1. The van der Waals surface area contributed by atoms with Gasteiger partial charge in [-0.05, 0) is 56.2 Å². The largest absolute Gasteiger partial charge is 0.385 e. The van der Waals surface area contributed by atoms with Crippen molar-refractivity contribution in [3.8, 4) is 0 Å². The van der Waals surface area contributed by atoms with E-state index in [0.29, 0.717) is 12.2 Å². The van der Waals surface area contributed by atoms with Crippen molar-refractivity contribution in [2.45, 2.75) is 56.7 Å². The van der Waals surface area contributed by atoms with Crippen LogP contribution in [0.15, 0.2) is 24.3 Å². The van der Waals surface area contributed by atoms with E-state index >= 15 is 0 Å². The SMILES string of the molecule is CC(O)(c1cccc(F)c1)C1CCOC2(CCCC2)C1. The van der Waals surface area contributed by atoms with Crippen LogP contribution in [0.2, 0.25) is 0 Å². The molecule has 0 bridgehead atoms. The van der Waals surface area contributed by atoms with Crippen molar-refractivity contribution in [2.24, 2.45) is 5.92 Å². The molecule has 2 aliphatic rings. The van der Waals surface area contributed by atoms with Crippen molar-refractivity contribution in [3.63, 3.8) is 0 Å². The Morgan fingerprint density at radius 2 is 2.10 bits per heavy atom. The van der Waals surface area contributed by atoms with Crippen LogP contribution in [-0.2, 0) is 10.3 Å². The molecular formula is C17H23FO2. The van der Waals surface area contributed by atoms with Gasteiger partial charge in [-0.15, -0.1) is 0 Å². The summed E-state index contributed by atoms with van der Waals surface area (Å²) in [6.45, 7) is 2.52. The van der Waals surface area contributed by atoms with E-state index < -0.39 is 5.60 Å². The maximum absolute atomic E-state index is 13.4. The van der Waals surface area contributed by atoms with Crippen LogP contribution >= 0.6 is 0 Å². The molecule has 20 heavy (non-hydrogen) atoms. The molecule has 0 radical (unpaired) electrons. The highest BCUT2D eigenvalue weighted by Gasteiger charge is 2.45. The zero-order valence-electron chi connectivity index (χ0n) is 12.1. The van der Waals surface area contributed by atoms with Gasteiger partial charge in [-0.3, -0.25) is 0 Å². The average Bonchev–Trinajstić information content (AvgIpc) is 2.87. The second-order valence-electron chi connectivity index (χ2n) is 6.59. The van der Waals surface area contributed by atoms with Gasteiger partial charge in [0.15, 0.2) is 0 Å². The molecule has 1 saturated carbocycles. The summed E-state index contributed by atoms with van der Waals surface area (Å²) < 4.78 is 19.4. The van der Waals surface area contributed by atoms with E-state index in [1.54, 1.807) is 6.07 Å². The number of halogens is 1. The molecule has 2 nitrogen and oxygen atoms in total. The van der Waals surface area contributed by atoms with Crippen molar-refractivity contribution in [1.29, 1.82) is 0 Å². The molecule has 1 aromatic carbocycles. The first-order chi connectivity index (χ1) is 9.52. The lowest BCUT2D eigenvalue weighted by atomic mass is 9.73. The summed E-state index contributed by atoms with van der Waals surface area (Å²) in [7, 11) is 0. The molecule has 1 saturated heterocycles. The molecule has 2 unspecified atom stereocenters. The van der Waals surface area contributed by atoms with Gasteiger partial charge in [-0.1, -0.05) is 25.0 Å². The monoisotopic (exact) mass is 278 g/mol. The zero-order chi connectivity index (χ0) is 14.2. The lowest BCUT2D eigenvalue weighted by Gasteiger charge is -2.44. The minimum absolute atomic E-state index is 0.0275. The topological polar surface area (TPSA) is 29.5 Å². The molecule has 0 aromatic heterocycles. The molecule has 2 fully saturated rings. The van der Waals surface area contributed by atoms with Crippen LogP contribution < -0.4 is 0 Å². The van der Waals surface area contributed by atoms with Crippen molar-refractivity contribution in [3.05, 3.63) is 35.6 Å². The third kappa shape index (κ3) is 2.49. The van der Waals surface area contributed by atoms with Gasteiger partial charge in [0.1, 0.15) is 5.82 Å². The van der Waals surface area contributed by atoms with Crippen LogP contribution in [0.25, 0.3) is 0 Å². The number of rotatable bonds is 2. The molecule has 1 heterocycles. The van der Waals surface area contributed by atoms with E-state index in [4.69, 9.17) is 4.74 Å². The first kappa shape index (κ1) is 14.0. The van der Waals surface area contributed by atoms with Crippen LogP contribution in [0.5, 0.6) is 0 Å². The number of aliphatic hydroxyl groups is 1. The smallest absolute Gasteiger partial charge is 0.123 e. The van der Waals surface area contributed by atoms with Gasteiger partial charge in [-0.25, -0.2) is 4.39 Å². The normalized spacial score (nSPS) is 28.4. The van der Waals surface area contributed by atoms with E-state index in [-0.39, 0.29) is 17.3 Å². The van der Waals surface area contributed by atoms with Gasteiger partial charge >= 0.3 is 0 Å². The minimum Gasteiger partial charge on any atom is -0.385 e. The Hall–Kier alpha value is -0.930.